The number of ether oxygens (including phenoxy) is 1. The van der Waals surface area contributed by atoms with Crippen molar-refractivity contribution in [2.75, 3.05) is 20.2 Å². The predicted molar refractivity (Wildman–Crippen MR) is 78.5 cm³/mol. The van der Waals surface area contributed by atoms with E-state index in [0.29, 0.717) is 12.3 Å². The normalized spacial score (nSPS) is 17.0. The zero-order valence-electron chi connectivity index (χ0n) is 12.2. The second-order valence-electron chi connectivity index (χ2n) is 5.68. The Hall–Kier alpha value is -1.88. The number of nitrogens with zero attached hydrogens (tertiary/aromatic N) is 1. The topological polar surface area (TPSA) is 45.3 Å². The Balaban J connectivity index is 1.65. The van der Waals surface area contributed by atoms with E-state index in [-0.39, 0.29) is 17.8 Å². The van der Waals surface area contributed by atoms with Gasteiger partial charge in [-0.2, -0.15) is 0 Å². The van der Waals surface area contributed by atoms with Gasteiger partial charge in [-0.05, 0) is 30.7 Å². The van der Waals surface area contributed by atoms with Crippen LogP contribution in [0.3, 0.4) is 0 Å². The average molecular weight is 290 g/mol. The van der Waals surface area contributed by atoms with Crippen molar-refractivity contribution in [3.63, 3.8) is 0 Å². The van der Waals surface area contributed by atoms with Crippen LogP contribution in [0.25, 0.3) is 10.9 Å². The standard InChI is InChI=1S/C16H19FN2O2/c1-10(21-2)12-8-19(9-12)16(20)5-11-7-18-15-6-13(17)3-4-14(11)15/h3-4,6-7,10,12,18H,5,8-9H2,1-2H3. The van der Waals surface area contributed by atoms with Gasteiger partial charge in [-0.15, -0.1) is 0 Å². The molecule has 112 valence electrons. The Morgan fingerprint density at radius 2 is 2.29 bits per heavy atom. The van der Waals surface area contributed by atoms with Crippen molar-refractivity contribution >= 4 is 16.8 Å². The first-order valence-corrected chi connectivity index (χ1v) is 7.14. The number of amides is 1. The summed E-state index contributed by atoms with van der Waals surface area (Å²) in [5, 5.41) is 0.909. The number of nitrogens with one attached hydrogen (secondary N) is 1. The van der Waals surface area contributed by atoms with Crippen molar-refractivity contribution in [2.45, 2.75) is 19.4 Å². The summed E-state index contributed by atoms with van der Waals surface area (Å²) in [6, 6.07) is 4.59. The highest BCUT2D eigenvalue weighted by molar-refractivity contribution is 5.89. The third-order valence-corrected chi connectivity index (χ3v) is 4.37. The van der Waals surface area contributed by atoms with Crippen LogP contribution in [0.15, 0.2) is 24.4 Å². The summed E-state index contributed by atoms with van der Waals surface area (Å²) in [4.78, 5) is 17.1. The van der Waals surface area contributed by atoms with Crippen LogP contribution >= 0.6 is 0 Å². The number of aromatic nitrogens is 1. The minimum Gasteiger partial charge on any atom is -0.381 e. The quantitative estimate of drug-likeness (QED) is 0.939. The molecule has 0 radical (unpaired) electrons. The van der Waals surface area contributed by atoms with Crippen LogP contribution in [0.2, 0.25) is 0 Å². The molecule has 0 spiro atoms. The van der Waals surface area contributed by atoms with Gasteiger partial charge in [0.2, 0.25) is 5.91 Å². The molecule has 1 aromatic heterocycles. The number of carbonyl (C=O) groups excluding carboxylic acids is 1. The maximum atomic E-state index is 13.1. The molecule has 1 N–H and O–H groups in total. The Bertz CT molecular complexity index is 661. The summed E-state index contributed by atoms with van der Waals surface area (Å²) in [7, 11) is 1.69. The van der Waals surface area contributed by atoms with Gasteiger partial charge in [0.1, 0.15) is 5.82 Å². The molecule has 2 aromatic rings. The average Bonchev–Trinajstić information content (AvgIpc) is 2.79. The maximum absolute atomic E-state index is 13.1. The zero-order valence-corrected chi connectivity index (χ0v) is 12.2. The van der Waals surface area contributed by atoms with Crippen molar-refractivity contribution in [1.29, 1.82) is 0 Å². The van der Waals surface area contributed by atoms with Crippen LogP contribution in [-0.4, -0.2) is 42.1 Å². The van der Waals surface area contributed by atoms with Crippen LogP contribution in [0, 0.1) is 11.7 Å². The van der Waals surface area contributed by atoms with E-state index in [0.717, 1.165) is 29.6 Å². The molecular formula is C16H19FN2O2. The fraction of sp³-hybridized carbons (Fsp3) is 0.438. The molecule has 0 aliphatic carbocycles. The van der Waals surface area contributed by atoms with E-state index < -0.39 is 0 Å². The van der Waals surface area contributed by atoms with Gasteiger partial charge < -0.3 is 14.6 Å². The Labute approximate surface area is 122 Å². The molecule has 1 aliphatic heterocycles. The lowest BCUT2D eigenvalue weighted by molar-refractivity contribution is -0.140. The third-order valence-electron chi connectivity index (χ3n) is 4.37. The van der Waals surface area contributed by atoms with Crippen LogP contribution in [-0.2, 0) is 16.0 Å². The van der Waals surface area contributed by atoms with Crippen molar-refractivity contribution in [2.24, 2.45) is 5.92 Å². The number of hydrogen-bond donors (Lipinski definition) is 1. The Morgan fingerprint density at radius 3 is 3.00 bits per heavy atom. The summed E-state index contributed by atoms with van der Waals surface area (Å²) >= 11 is 0. The molecule has 21 heavy (non-hydrogen) atoms. The first-order valence-electron chi connectivity index (χ1n) is 7.14. The van der Waals surface area contributed by atoms with Crippen molar-refractivity contribution < 1.29 is 13.9 Å². The molecule has 1 fully saturated rings. The highest BCUT2D eigenvalue weighted by Gasteiger charge is 2.34. The van der Waals surface area contributed by atoms with E-state index in [2.05, 4.69) is 4.98 Å². The summed E-state index contributed by atoms with van der Waals surface area (Å²) < 4.78 is 18.4. The molecular weight excluding hydrogens is 271 g/mol. The van der Waals surface area contributed by atoms with E-state index in [1.165, 1.54) is 12.1 Å². The highest BCUT2D eigenvalue weighted by Crippen LogP contribution is 2.24. The van der Waals surface area contributed by atoms with Crippen LogP contribution in [0.4, 0.5) is 4.39 Å². The molecule has 4 nitrogen and oxygen atoms in total. The number of H-pyrrole nitrogens is 1. The van der Waals surface area contributed by atoms with Crippen molar-refractivity contribution in [3.05, 3.63) is 35.8 Å². The van der Waals surface area contributed by atoms with Crippen LogP contribution in [0.1, 0.15) is 12.5 Å². The van der Waals surface area contributed by atoms with Gasteiger partial charge in [-0.25, -0.2) is 4.39 Å². The zero-order chi connectivity index (χ0) is 15.0. The number of carbonyl (C=O) groups is 1. The van der Waals surface area contributed by atoms with E-state index in [1.54, 1.807) is 19.4 Å². The molecule has 0 saturated carbocycles. The van der Waals surface area contributed by atoms with Gasteiger partial charge >= 0.3 is 0 Å². The fourth-order valence-corrected chi connectivity index (χ4v) is 2.79. The molecule has 1 amide bonds. The largest absolute Gasteiger partial charge is 0.381 e. The number of rotatable bonds is 4. The van der Waals surface area contributed by atoms with Crippen LogP contribution in [0.5, 0.6) is 0 Å². The number of hydrogen-bond acceptors (Lipinski definition) is 2. The molecule has 1 atom stereocenters. The summed E-state index contributed by atoms with van der Waals surface area (Å²) in [5.41, 5.74) is 1.64. The smallest absolute Gasteiger partial charge is 0.227 e. The molecule has 1 unspecified atom stereocenters. The van der Waals surface area contributed by atoms with E-state index in [1.807, 2.05) is 11.8 Å². The minimum absolute atomic E-state index is 0.111. The number of fused-ring (bicyclic) bond motifs is 1. The monoisotopic (exact) mass is 290 g/mol. The molecule has 1 aliphatic rings. The SMILES string of the molecule is COC(C)C1CN(C(=O)Cc2c[nH]c3cc(F)ccc23)C1. The van der Waals surface area contributed by atoms with Crippen molar-refractivity contribution in [1.82, 2.24) is 9.88 Å². The molecule has 0 bridgehead atoms. The number of likely N-dealkylation sites (tertiary alicyclic amines) is 1. The first kappa shape index (κ1) is 14.1. The molecule has 1 saturated heterocycles. The summed E-state index contributed by atoms with van der Waals surface area (Å²) in [6.07, 6.45) is 2.32. The van der Waals surface area contributed by atoms with Gasteiger partial charge in [0, 0.05) is 43.2 Å². The summed E-state index contributed by atoms with van der Waals surface area (Å²) in [6.45, 7) is 3.54. The minimum atomic E-state index is -0.277. The molecule has 2 heterocycles. The lowest BCUT2D eigenvalue weighted by Crippen LogP contribution is -2.54. The number of methoxy groups -OCH3 is 1. The lowest BCUT2D eigenvalue weighted by Gasteiger charge is -2.41. The fourth-order valence-electron chi connectivity index (χ4n) is 2.79. The molecule has 1 aromatic carbocycles. The van der Waals surface area contributed by atoms with Gasteiger partial charge in [0.25, 0.3) is 0 Å². The number of halogens is 1. The third kappa shape index (κ3) is 2.65. The Kier molecular flexibility index (Phi) is 3.68. The second kappa shape index (κ2) is 5.48. The summed E-state index contributed by atoms with van der Waals surface area (Å²) in [5.74, 6) is 0.261. The Morgan fingerprint density at radius 1 is 1.52 bits per heavy atom. The maximum Gasteiger partial charge on any atom is 0.227 e. The van der Waals surface area contributed by atoms with Crippen LogP contribution < -0.4 is 0 Å². The number of aromatic amines is 1. The predicted octanol–water partition coefficient (Wildman–Crippen LogP) is 2.34. The molecule has 5 heteroatoms. The van der Waals surface area contributed by atoms with Gasteiger partial charge in [-0.1, -0.05) is 0 Å². The van der Waals surface area contributed by atoms with Crippen molar-refractivity contribution in [3.8, 4) is 0 Å². The van der Waals surface area contributed by atoms with E-state index >= 15 is 0 Å². The van der Waals surface area contributed by atoms with Gasteiger partial charge in [0.05, 0.1) is 12.5 Å². The highest BCUT2D eigenvalue weighted by atomic mass is 19.1. The number of benzene rings is 1. The van der Waals surface area contributed by atoms with Gasteiger partial charge in [0.15, 0.2) is 0 Å². The second-order valence-corrected chi connectivity index (χ2v) is 5.68. The van der Waals surface area contributed by atoms with E-state index in [4.69, 9.17) is 4.74 Å². The van der Waals surface area contributed by atoms with E-state index in [9.17, 15) is 9.18 Å². The first-order chi connectivity index (χ1) is 10.1. The van der Waals surface area contributed by atoms with Gasteiger partial charge in [-0.3, -0.25) is 4.79 Å². The lowest BCUT2D eigenvalue weighted by atomic mass is 9.94. The molecule has 3 rings (SSSR count).